The highest BCUT2D eigenvalue weighted by molar-refractivity contribution is 6.01. The van der Waals surface area contributed by atoms with E-state index in [1.807, 2.05) is 0 Å². The zero-order valence-corrected chi connectivity index (χ0v) is 20.1. The smallest absolute Gasteiger partial charge is 0.421 e. The van der Waals surface area contributed by atoms with Crippen LogP contribution in [0.15, 0.2) is 65.5 Å². The number of ether oxygens (including phenoxy) is 2. The van der Waals surface area contributed by atoms with E-state index in [9.17, 15) is 22.8 Å². The number of nitrogens with two attached hydrogens (primary N) is 1. The van der Waals surface area contributed by atoms with Crippen molar-refractivity contribution in [2.45, 2.75) is 12.7 Å². The summed E-state index contributed by atoms with van der Waals surface area (Å²) in [6, 6.07) is 8.76. The minimum Gasteiger partial charge on any atom is -0.495 e. The summed E-state index contributed by atoms with van der Waals surface area (Å²) in [7, 11) is 4.15. The summed E-state index contributed by atoms with van der Waals surface area (Å²) >= 11 is 0. The molecular weight excluding hydrogens is 495 g/mol. The molecule has 4 N–H and O–H groups in total. The van der Waals surface area contributed by atoms with Gasteiger partial charge >= 0.3 is 6.18 Å². The number of aliphatic imine (C=N–C) groups is 1. The fourth-order valence-electron chi connectivity index (χ4n) is 3.48. The first kappa shape index (κ1) is 27.1. The van der Waals surface area contributed by atoms with Gasteiger partial charge in [0.05, 0.1) is 25.5 Å². The first-order valence-corrected chi connectivity index (χ1v) is 10.6. The molecular formula is C24H24F3N5O5. The lowest BCUT2D eigenvalue weighted by Crippen LogP contribution is -2.25. The summed E-state index contributed by atoms with van der Waals surface area (Å²) in [5.41, 5.74) is 7.85. The van der Waals surface area contributed by atoms with Gasteiger partial charge < -0.3 is 25.4 Å². The lowest BCUT2D eigenvalue weighted by Gasteiger charge is -2.16. The summed E-state index contributed by atoms with van der Waals surface area (Å²) in [6.45, 7) is 3.50. The van der Waals surface area contributed by atoms with E-state index in [0.29, 0.717) is 11.6 Å². The molecule has 0 radical (unpaired) electrons. The number of allylic oxidation sites excluding steroid dienone is 2. The molecule has 13 heteroatoms. The van der Waals surface area contributed by atoms with Crippen LogP contribution in [0.5, 0.6) is 11.5 Å². The number of fused-ring (bicyclic) bond motifs is 1. The van der Waals surface area contributed by atoms with Gasteiger partial charge in [0.15, 0.2) is 0 Å². The van der Waals surface area contributed by atoms with Gasteiger partial charge in [0.2, 0.25) is 11.8 Å². The molecule has 1 aliphatic rings. The zero-order chi connectivity index (χ0) is 27.3. The van der Waals surface area contributed by atoms with Crippen LogP contribution in [0.3, 0.4) is 0 Å². The molecule has 2 amide bonds. The van der Waals surface area contributed by atoms with Crippen molar-refractivity contribution in [3.8, 4) is 11.5 Å². The number of benzene rings is 2. The van der Waals surface area contributed by atoms with Crippen molar-refractivity contribution >= 4 is 23.5 Å². The number of anilines is 1. The van der Waals surface area contributed by atoms with Crippen LogP contribution in [0.4, 0.5) is 18.9 Å². The molecule has 0 saturated heterocycles. The Balaban J connectivity index is 2.01. The van der Waals surface area contributed by atoms with Gasteiger partial charge in [-0.15, -0.1) is 0 Å². The van der Waals surface area contributed by atoms with Gasteiger partial charge in [-0.25, -0.2) is 5.48 Å². The summed E-state index contributed by atoms with van der Waals surface area (Å²) in [5.74, 6) is -2.37. The highest BCUT2D eigenvalue weighted by Gasteiger charge is 2.37. The van der Waals surface area contributed by atoms with Crippen LogP contribution in [-0.2, 0) is 11.4 Å². The minimum atomic E-state index is -4.90. The Morgan fingerprint density at radius 3 is 2.57 bits per heavy atom. The highest BCUT2D eigenvalue weighted by Crippen LogP contribution is 2.35. The molecule has 2 aromatic rings. The van der Waals surface area contributed by atoms with Crippen LogP contribution < -0.4 is 26.0 Å². The van der Waals surface area contributed by atoms with E-state index < -0.39 is 35.4 Å². The molecule has 37 heavy (non-hydrogen) atoms. The maximum atomic E-state index is 13.8. The summed E-state index contributed by atoms with van der Waals surface area (Å²) in [6.07, 6.45) is -4.36. The third kappa shape index (κ3) is 6.01. The number of methoxy groups -OCH3 is 1. The number of guanidine groups is 1. The van der Waals surface area contributed by atoms with Crippen LogP contribution in [0.1, 0.15) is 26.3 Å². The SMILES string of the molecule is C=C/C(=C(\N=C(/N)Nc1ccc(C(=O)NOC)cc1OC)Oc1cccc2c1C(=O)N(C)C2)C(F)(F)F. The largest absolute Gasteiger partial charge is 0.495 e. The van der Waals surface area contributed by atoms with Crippen molar-refractivity contribution < 1.29 is 37.1 Å². The van der Waals surface area contributed by atoms with E-state index in [2.05, 4.69) is 27.2 Å². The quantitative estimate of drug-likeness (QED) is 0.161. The molecule has 0 spiro atoms. The van der Waals surface area contributed by atoms with E-state index in [1.54, 1.807) is 19.2 Å². The second kappa shape index (κ2) is 11.0. The second-order valence-corrected chi connectivity index (χ2v) is 7.65. The Morgan fingerprint density at radius 1 is 1.22 bits per heavy atom. The summed E-state index contributed by atoms with van der Waals surface area (Å²) in [4.78, 5) is 34.3. The Bertz CT molecular complexity index is 1290. The highest BCUT2D eigenvalue weighted by atomic mass is 19.4. The average molecular weight is 519 g/mol. The molecule has 0 aliphatic carbocycles. The third-order valence-electron chi connectivity index (χ3n) is 5.17. The number of halogens is 3. The number of nitrogens with zero attached hydrogens (tertiary/aromatic N) is 2. The molecule has 1 heterocycles. The zero-order valence-electron chi connectivity index (χ0n) is 20.1. The van der Waals surface area contributed by atoms with E-state index >= 15 is 0 Å². The van der Waals surface area contributed by atoms with E-state index in [1.165, 1.54) is 43.4 Å². The van der Waals surface area contributed by atoms with Crippen molar-refractivity contribution in [1.82, 2.24) is 10.4 Å². The predicted octanol–water partition coefficient (Wildman–Crippen LogP) is 3.34. The van der Waals surface area contributed by atoms with Gasteiger partial charge in [0, 0.05) is 19.2 Å². The normalized spacial score (nSPS) is 14.1. The van der Waals surface area contributed by atoms with Gasteiger partial charge in [0.1, 0.15) is 17.1 Å². The molecule has 0 saturated carbocycles. The standard InChI is InChI=1S/C24H24F3N5O5/c1-5-15(24(25,26)27)21(37-17-8-6-7-14-12-32(2)22(34)19(14)17)30-23(28)29-16-10-9-13(11-18(16)35-3)20(33)31-36-4/h5-11H,1,12H2,2-4H3,(H,31,33)(H3,28,29,30)/b21-15-. The first-order valence-electron chi connectivity index (χ1n) is 10.6. The molecule has 1 aliphatic heterocycles. The monoisotopic (exact) mass is 519 g/mol. The number of amides is 2. The molecule has 0 aromatic heterocycles. The second-order valence-electron chi connectivity index (χ2n) is 7.65. The van der Waals surface area contributed by atoms with Crippen molar-refractivity contribution in [3.63, 3.8) is 0 Å². The van der Waals surface area contributed by atoms with Crippen LogP contribution >= 0.6 is 0 Å². The molecule has 3 rings (SSSR count). The van der Waals surface area contributed by atoms with Crippen molar-refractivity contribution in [1.29, 1.82) is 0 Å². The lowest BCUT2D eigenvalue weighted by molar-refractivity contribution is -0.0905. The number of carbonyl (C=O) groups is 2. The Kier molecular flexibility index (Phi) is 8.07. The van der Waals surface area contributed by atoms with Gasteiger partial charge in [-0.3, -0.25) is 14.4 Å². The van der Waals surface area contributed by atoms with Gasteiger partial charge in [-0.1, -0.05) is 24.8 Å². The maximum Gasteiger partial charge on any atom is 0.421 e. The third-order valence-corrected chi connectivity index (χ3v) is 5.17. The summed E-state index contributed by atoms with van der Waals surface area (Å²) < 4.78 is 52.1. The average Bonchev–Trinajstić information content (AvgIpc) is 3.13. The fourth-order valence-corrected chi connectivity index (χ4v) is 3.48. The van der Waals surface area contributed by atoms with Crippen LogP contribution in [0.25, 0.3) is 0 Å². The Labute approximate surface area is 210 Å². The number of rotatable bonds is 8. The molecule has 196 valence electrons. The number of hydrogen-bond acceptors (Lipinski definition) is 6. The number of carbonyl (C=O) groups excluding carboxylic acids is 2. The number of hydroxylamine groups is 1. The number of alkyl halides is 3. The maximum absolute atomic E-state index is 13.8. The molecule has 0 fully saturated rings. The summed E-state index contributed by atoms with van der Waals surface area (Å²) in [5, 5.41) is 2.62. The van der Waals surface area contributed by atoms with Crippen LogP contribution in [-0.4, -0.2) is 50.1 Å². The van der Waals surface area contributed by atoms with Crippen molar-refractivity contribution in [2.75, 3.05) is 26.6 Å². The number of nitrogens with one attached hydrogen (secondary N) is 2. The fraction of sp³-hybridized carbons (Fsp3) is 0.208. The van der Waals surface area contributed by atoms with Crippen LogP contribution in [0, 0.1) is 0 Å². The van der Waals surface area contributed by atoms with E-state index in [0.717, 1.165) is 0 Å². The lowest BCUT2D eigenvalue weighted by atomic mass is 10.1. The van der Waals surface area contributed by atoms with Crippen molar-refractivity contribution in [2.24, 2.45) is 10.7 Å². The van der Waals surface area contributed by atoms with Crippen molar-refractivity contribution in [3.05, 3.63) is 77.2 Å². The minimum absolute atomic E-state index is 0.118. The Hall–Kier alpha value is -4.52. The first-order chi connectivity index (χ1) is 17.5. The van der Waals surface area contributed by atoms with Gasteiger partial charge in [-0.05, 0) is 29.8 Å². The Morgan fingerprint density at radius 2 is 1.95 bits per heavy atom. The van der Waals surface area contributed by atoms with Gasteiger partial charge in [0.25, 0.3) is 11.8 Å². The molecule has 2 aromatic carbocycles. The molecule has 10 nitrogen and oxygen atoms in total. The van der Waals surface area contributed by atoms with E-state index in [-0.39, 0.29) is 34.9 Å². The predicted molar refractivity (Wildman–Crippen MR) is 129 cm³/mol. The number of hydrogen-bond donors (Lipinski definition) is 3. The topological polar surface area (TPSA) is 128 Å². The molecule has 0 unspecified atom stereocenters. The molecule has 0 bridgehead atoms. The van der Waals surface area contributed by atoms with Gasteiger partial charge in [-0.2, -0.15) is 18.2 Å². The van der Waals surface area contributed by atoms with Crippen LogP contribution in [0.2, 0.25) is 0 Å². The van der Waals surface area contributed by atoms with E-state index in [4.69, 9.17) is 15.2 Å². The molecule has 0 atom stereocenters.